The van der Waals surface area contributed by atoms with Gasteiger partial charge in [-0.15, -0.1) is 0 Å². The molecule has 0 aliphatic carbocycles. The minimum atomic E-state index is -0.663. The fraction of sp³-hybridized carbons (Fsp3) is 0.400. The number of nitrogens with one attached hydrogen (secondary N) is 1. The van der Waals surface area contributed by atoms with Crippen LogP contribution in [0.1, 0.15) is 64.6 Å². The Bertz CT molecular complexity index is 1080. The molecule has 0 aromatic heterocycles. The molecule has 1 atom stereocenters. The maximum atomic E-state index is 13.3. The van der Waals surface area contributed by atoms with Gasteiger partial charge in [-0.1, -0.05) is 17.2 Å². The molecule has 168 valence electrons. The van der Waals surface area contributed by atoms with Gasteiger partial charge in [-0.25, -0.2) is 5.01 Å². The van der Waals surface area contributed by atoms with Gasteiger partial charge in [0.25, 0.3) is 11.8 Å². The number of benzene rings is 2. The summed E-state index contributed by atoms with van der Waals surface area (Å²) in [5.74, 6) is 0.269. The van der Waals surface area contributed by atoms with Crippen LogP contribution in [0.15, 0.2) is 30.3 Å². The fourth-order valence-corrected chi connectivity index (χ4v) is 3.67. The van der Waals surface area contributed by atoms with Crippen LogP contribution in [0.2, 0.25) is 0 Å². The molecule has 32 heavy (non-hydrogen) atoms. The van der Waals surface area contributed by atoms with Crippen molar-refractivity contribution < 1.29 is 19.1 Å². The van der Waals surface area contributed by atoms with Crippen molar-refractivity contribution in [3.05, 3.63) is 58.1 Å². The fourth-order valence-electron chi connectivity index (χ4n) is 3.67. The second-order valence-electron chi connectivity index (χ2n) is 9.11. The molecule has 3 rings (SSSR count). The van der Waals surface area contributed by atoms with Crippen molar-refractivity contribution in [3.8, 4) is 17.6 Å². The number of nitriles is 1. The van der Waals surface area contributed by atoms with E-state index in [1.165, 1.54) is 5.01 Å². The molecule has 7 nitrogen and oxygen atoms in total. The molecule has 0 bridgehead atoms. The molecule has 0 radical (unpaired) electrons. The molecule has 0 saturated heterocycles. The van der Waals surface area contributed by atoms with Gasteiger partial charge in [0.15, 0.2) is 11.5 Å². The Morgan fingerprint density at radius 3 is 2.41 bits per heavy atom. The van der Waals surface area contributed by atoms with Gasteiger partial charge in [-0.3, -0.25) is 15.0 Å². The summed E-state index contributed by atoms with van der Waals surface area (Å²) in [4.78, 5) is 26.6. The Balaban J connectivity index is 1.90. The van der Waals surface area contributed by atoms with Crippen LogP contribution >= 0.6 is 0 Å². The minimum Gasteiger partial charge on any atom is -0.486 e. The topological polar surface area (TPSA) is 91.7 Å². The number of amides is 2. The Kier molecular flexibility index (Phi) is 6.45. The Labute approximate surface area is 188 Å². The minimum absolute atomic E-state index is 0.192. The highest BCUT2D eigenvalue weighted by atomic mass is 16.6. The average molecular weight is 436 g/mol. The van der Waals surface area contributed by atoms with E-state index in [1.807, 2.05) is 52.8 Å². The van der Waals surface area contributed by atoms with E-state index in [-0.39, 0.29) is 25.0 Å². The van der Waals surface area contributed by atoms with Crippen molar-refractivity contribution >= 4 is 11.8 Å². The maximum Gasteiger partial charge on any atom is 0.272 e. The van der Waals surface area contributed by atoms with E-state index in [1.54, 1.807) is 19.1 Å². The number of ether oxygens (including phenoxy) is 2. The van der Waals surface area contributed by atoms with Gasteiger partial charge in [0.2, 0.25) is 0 Å². The van der Waals surface area contributed by atoms with Crippen LogP contribution < -0.4 is 14.9 Å². The molecule has 1 heterocycles. The lowest BCUT2D eigenvalue weighted by molar-refractivity contribution is 0.0357. The van der Waals surface area contributed by atoms with Gasteiger partial charge in [-0.05, 0) is 65.8 Å². The van der Waals surface area contributed by atoms with Crippen molar-refractivity contribution in [1.29, 1.82) is 5.26 Å². The van der Waals surface area contributed by atoms with Crippen LogP contribution in [-0.2, 0) is 0 Å². The quantitative estimate of drug-likeness (QED) is 0.728. The van der Waals surface area contributed by atoms with Gasteiger partial charge in [-0.2, -0.15) is 5.26 Å². The van der Waals surface area contributed by atoms with Crippen LogP contribution in [0.5, 0.6) is 11.5 Å². The highest BCUT2D eigenvalue weighted by Crippen LogP contribution is 2.37. The third-order valence-electron chi connectivity index (χ3n) is 5.20. The molecular formula is C25H29N3O4. The normalized spacial score (nSPS) is 15.0. The van der Waals surface area contributed by atoms with Crippen LogP contribution in [0.25, 0.3) is 0 Å². The highest BCUT2D eigenvalue weighted by molar-refractivity contribution is 6.00. The summed E-state index contributed by atoms with van der Waals surface area (Å²) in [6.45, 7) is 11.5. The summed E-state index contributed by atoms with van der Waals surface area (Å²) in [6.07, 6.45) is -0.195. The van der Waals surface area contributed by atoms with E-state index >= 15 is 0 Å². The van der Waals surface area contributed by atoms with Crippen molar-refractivity contribution in [2.75, 3.05) is 6.61 Å². The van der Waals surface area contributed by atoms with E-state index in [0.717, 1.165) is 11.1 Å². The third kappa shape index (κ3) is 4.86. The van der Waals surface area contributed by atoms with E-state index in [9.17, 15) is 9.59 Å². The number of hydrazine groups is 1. The maximum absolute atomic E-state index is 13.3. The first-order valence-electron chi connectivity index (χ1n) is 10.5. The summed E-state index contributed by atoms with van der Waals surface area (Å²) >= 11 is 0. The first-order chi connectivity index (χ1) is 15.0. The van der Waals surface area contributed by atoms with E-state index in [2.05, 4.69) is 11.5 Å². The number of hydrogen-bond donors (Lipinski definition) is 1. The van der Waals surface area contributed by atoms with Crippen molar-refractivity contribution in [1.82, 2.24) is 10.4 Å². The zero-order chi connectivity index (χ0) is 23.6. The zero-order valence-electron chi connectivity index (χ0n) is 19.4. The van der Waals surface area contributed by atoms with Gasteiger partial charge >= 0.3 is 0 Å². The van der Waals surface area contributed by atoms with Crippen LogP contribution in [-0.4, -0.2) is 35.1 Å². The second kappa shape index (κ2) is 8.91. The van der Waals surface area contributed by atoms with Crippen LogP contribution in [0, 0.1) is 32.1 Å². The number of carbonyl (C=O) groups is 2. The molecule has 7 heteroatoms. The Hall–Kier alpha value is -3.53. The first-order valence-corrected chi connectivity index (χ1v) is 10.5. The molecule has 0 spiro atoms. The first kappa shape index (κ1) is 23.1. The van der Waals surface area contributed by atoms with Crippen molar-refractivity contribution in [3.63, 3.8) is 0 Å². The lowest BCUT2D eigenvalue weighted by Gasteiger charge is -2.36. The van der Waals surface area contributed by atoms with Gasteiger partial charge in [0, 0.05) is 16.7 Å². The number of fused-ring (bicyclic) bond motifs is 1. The molecule has 2 aromatic carbocycles. The molecule has 1 aliphatic rings. The summed E-state index contributed by atoms with van der Waals surface area (Å²) in [5.41, 5.74) is 5.55. The lowest BCUT2D eigenvalue weighted by Crippen LogP contribution is -2.56. The lowest BCUT2D eigenvalue weighted by atomic mass is 10.0. The molecule has 1 aliphatic heterocycles. The van der Waals surface area contributed by atoms with E-state index in [0.29, 0.717) is 28.2 Å². The number of aryl methyl sites for hydroxylation is 2. The van der Waals surface area contributed by atoms with E-state index < -0.39 is 11.4 Å². The number of hydrogen-bond acceptors (Lipinski definition) is 5. The summed E-state index contributed by atoms with van der Waals surface area (Å²) < 4.78 is 11.6. The molecular weight excluding hydrogens is 406 g/mol. The molecule has 2 aromatic rings. The average Bonchev–Trinajstić information content (AvgIpc) is 2.70. The Morgan fingerprint density at radius 1 is 1.16 bits per heavy atom. The summed E-state index contributed by atoms with van der Waals surface area (Å²) in [7, 11) is 0. The number of carbonyl (C=O) groups excluding carboxylic acids is 2. The number of nitrogens with zero attached hydrogens (tertiary/aromatic N) is 2. The molecule has 0 fully saturated rings. The van der Waals surface area contributed by atoms with Gasteiger partial charge < -0.3 is 9.47 Å². The predicted octanol–water partition coefficient (Wildman–Crippen LogP) is 4.25. The highest BCUT2D eigenvalue weighted by Gasteiger charge is 2.31. The Morgan fingerprint density at radius 2 is 1.81 bits per heavy atom. The van der Waals surface area contributed by atoms with Crippen molar-refractivity contribution in [2.24, 2.45) is 0 Å². The monoisotopic (exact) mass is 435 g/mol. The summed E-state index contributed by atoms with van der Waals surface area (Å²) in [5, 5.41) is 10.3. The van der Waals surface area contributed by atoms with Gasteiger partial charge in [0.05, 0.1) is 18.0 Å². The second-order valence-corrected chi connectivity index (χ2v) is 9.11. The smallest absolute Gasteiger partial charge is 0.272 e. The number of rotatable bonds is 3. The standard InChI is InChI=1S/C25H29N3O4/c1-15-11-16(2)13-18(12-15)24(30)28(25(4,5)6)27-23(29)20-7-8-21-22(17(20)3)32-19(9-10-26)14-31-21/h7-8,11-13,19H,9,14H2,1-6H3,(H,27,29). The largest absolute Gasteiger partial charge is 0.486 e. The van der Waals surface area contributed by atoms with Crippen molar-refractivity contribution in [2.45, 2.75) is 59.6 Å². The van der Waals surface area contributed by atoms with Crippen LogP contribution in [0.3, 0.4) is 0 Å². The molecule has 1 N–H and O–H groups in total. The predicted molar refractivity (Wildman–Crippen MR) is 121 cm³/mol. The summed E-state index contributed by atoms with van der Waals surface area (Å²) in [6, 6.07) is 11.0. The molecule has 2 amide bonds. The third-order valence-corrected chi connectivity index (χ3v) is 5.20. The van der Waals surface area contributed by atoms with Gasteiger partial charge in [0.1, 0.15) is 12.7 Å². The SMILES string of the molecule is Cc1cc(C)cc(C(=O)N(NC(=O)c2ccc3c(c2C)OC(CC#N)CO3)C(C)(C)C)c1. The zero-order valence-corrected chi connectivity index (χ0v) is 19.4. The van der Waals surface area contributed by atoms with E-state index in [4.69, 9.17) is 14.7 Å². The van der Waals surface area contributed by atoms with Crippen LogP contribution in [0.4, 0.5) is 0 Å². The molecule has 1 unspecified atom stereocenters. The molecule has 0 saturated carbocycles.